The van der Waals surface area contributed by atoms with Gasteiger partial charge in [-0.15, -0.1) is 11.3 Å². The molecule has 1 rings (SSSR count). The van der Waals surface area contributed by atoms with E-state index in [4.69, 9.17) is 0 Å². The van der Waals surface area contributed by atoms with Crippen molar-refractivity contribution in [2.75, 3.05) is 5.32 Å². The van der Waals surface area contributed by atoms with Crippen LogP contribution in [0.4, 0.5) is 5.13 Å². The Morgan fingerprint density at radius 1 is 1.21 bits per heavy atom. The summed E-state index contributed by atoms with van der Waals surface area (Å²) in [4.78, 5) is 30.2. The number of nitrogens with one attached hydrogen (secondary N) is 2. The maximum Gasteiger partial charge on any atom is 0.249 e. The molecule has 0 aliphatic heterocycles. The van der Waals surface area contributed by atoms with Crippen molar-refractivity contribution in [1.29, 1.82) is 0 Å². The van der Waals surface area contributed by atoms with E-state index in [1.165, 1.54) is 16.9 Å². The normalized spacial score (nSPS) is 14.3. The van der Waals surface area contributed by atoms with Crippen molar-refractivity contribution >= 4 is 28.3 Å². The Bertz CT molecular complexity index is 666. The van der Waals surface area contributed by atoms with E-state index in [-0.39, 0.29) is 11.8 Å². The number of rotatable bonds is 11. The Morgan fingerprint density at radius 2 is 1.89 bits per heavy atom. The van der Waals surface area contributed by atoms with Gasteiger partial charge in [-0.05, 0) is 44.9 Å². The number of nitrogens with zero attached hydrogens (tertiary/aromatic N) is 1. The predicted molar refractivity (Wildman–Crippen MR) is 116 cm³/mol. The van der Waals surface area contributed by atoms with E-state index in [0.717, 1.165) is 24.1 Å². The number of carbonyl (C=O) groups excluding carboxylic acids is 2. The number of aliphatic hydroxyl groups is 1. The molecule has 1 unspecified atom stereocenters. The highest BCUT2D eigenvalue weighted by molar-refractivity contribution is 7.15. The number of anilines is 1. The summed E-state index contributed by atoms with van der Waals surface area (Å²) >= 11 is 1.47. The van der Waals surface area contributed by atoms with Gasteiger partial charge in [0, 0.05) is 11.1 Å². The van der Waals surface area contributed by atoms with Gasteiger partial charge in [-0.1, -0.05) is 45.8 Å². The van der Waals surface area contributed by atoms with Crippen LogP contribution in [0, 0.1) is 5.92 Å². The van der Waals surface area contributed by atoms with Crippen molar-refractivity contribution in [1.82, 2.24) is 10.3 Å². The van der Waals surface area contributed by atoms with E-state index in [0.29, 0.717) is 17.5 Å². The molecule has 3 N–H and O–H groups in total. The summed E-state index contributed by atoms with van der Waals surface area (Å²) in [6.07, 6.45) is 6.20. The lowest BCUT2D eigenvalue weighted by molar-refractivity contribution is -0.134. The summed E-state index contributed by atoms with van der Waals surface area (Å²) in [5.74, 6) is -0.661. The van der Waals surface area contributed by atoms with E-state index in [1.54, 1.807) is 13.8 Å². The SMILES string of the molecule is CCC[C@H](NC(=O)[C@@H](O)C(C)C)C(=O)Nc1ncc(C(C)CCC=C(C)C)s1. The van der Waals surface area contributed by atoms with Crippen LogP contribution in [-0.2, 0) is 9.59 Å². The Morgan fingerprint density at radius 3 is 2.46 bits per heavy atom. The molecule has 0 aliphatic carbocycles. The van der Waals surface area contributed by atoms with Crippen LogP contribution in [0.2, 0.25) is 0 Å². The Hall–Kier alpha value is -1.73. The molecule has 1 aromatic rings. The minimum absolute atomic E-state index is 0.209. The van der Waals surface area contributed by atoms with Gasteiger partial charge in [-0.3, -0.25) is 9.59 Å². The quantitative estimate of drug-likeness (QED) is 0.477. The maximum absolute atomic E-state index is 12.6. The van der Waals surface area contributed by atoms with Gasteiger partial charge in [0.15, 0.2) is 5.13 Å². The molecule has 0 saturated carbocycles. The monoisotopic (exact) mass is 409 g/mol. The van der Waals surface area contributed by atoms with Gasteiger partial charge in [0.05, 0.1) is 0 Å². The van der Waals surface area contributed by atoms with E-state index >= 15 is 0 Å². The topological polar surface area (TPSA) is 91.3 Å². The van der Waals surface area contributed by atoms with E-state index in [2.05, 4.69) is 42.5 Å². The highest BCUT2D eigenvalue weighted by Gasteiger charge is 2.26. The second-order valence-corrected chi connectivity index (χ2v) is 8.92. The largest absolute Gasteiger partial charge is 0.383 e. The molecule has 1 heterocycles. The Balaban J connectivity index is 2.69. The van der Waals surface area contributed by atoms with Crippen molar-refractivity contribution < 1.29 is 14.7 Å². The van der Waals surface area contributed by atoms with Gasteiger partial charge in [-0.2, -0.15) is 0 Å². The number of amides is 2. The van der Waals surface area contributed by atoms with Crippen LogP contribution in [-0.4, -0.2) is 34.1 Å². The van der Waals surface area contributed by atoms with Crippen molar-refractivity contribution in [3.8, 4) is 0 Å². The van der Waals surface area contributed by atoms with Gasteiger partial charge < -0.3 is 15.7 Å². The van der Waals surface area contributed by atoms with Crippen LogP contribution in [0.5, 0.6) is 0 Å². The van der Waals surface area contributed by atoms with Gasteiger partial charge in [0.2, 0.25) is 11.8 Å². The molecule has 158 valence electrons. The molecule has 0 aromatic carbocycles. The standard InChI is InChI=1S/C21H35N3O3S/c1-7-9-16(23-20(27)18(25)14(4)5)19(26)24-21-22-12-17(28-21)15(6)11-8-10-13(2)3/h10,12,14-16,18,25H,7-9,11H2,1-6H3,(H,23,27)(H,22,24,26)/t15?,16-,18-/m0/s1. The first-order valence-corrected chi connectivity index (χ1v) is 10.9. The van der Waals surface area contributed by atoms with Gasteiger partial charge in [-0.25, -0.2) is 4.98 Å². The van der Waals surface area contributed by atoms with Crippen LogP contribution in [0.15, 0.2) is 17.8 Å². The van der Waals surface area contributed by atoms with Crippen molar-refractivity contribution in [2.24, 2.45) is 5.92 Å². The third-order valence-electron chi connectivity index (χ3n) is 4.50. The molecular formula is C21H35N3O3S. The Labute approximate surface area is 172 Å². The molecule has 3 atom stereocenters. The third kappa shape index (κ3) is 8.10. The number of thiazole rings is 1. The molecule has 0 aliphatic rings. The zero-order valence-corrected chi connectivity index (χ0v) is 18.7. The lowest BCUT2D eigenvalue weighted by atomic mass is 10.0. The van der Waals surface area contributed by atoms with E-state index in [9.17, 15) is 14.7 Å². The number of carbonyl (C=O) groups is 2. The average molecular weight is 410 g/mol. The summed E-state index contributed by atoms with van der Waals surface area (Å²) in [6, 6.07) is -0.687. The first kappa shape index (κ1) is 24.3. The zero-order chi connectivity index (χ0) is 21.3. The lowest BCUT2D eigenvalue weighted by Gasteiger charge is -2.20. The van der Waals surface area contributed by atoms with Crippen molar-refractivity contribution in [3.05, 3.63) is 22.7 Å². The van der Waals surface area contributed by atoms with Gasteiger partial charge >= 0.3 is 0 Å². The van der Waals surface area contributed by atoms with E-state index < -0.39 is 18.1 Å². The first-order valence-electron chi connectivity index (χ1n) is 10.0. The molecule has 2 amide bonds. The number of hydrogen-bond donors (Lipinski definition) is 3. The smallest absolute Gasteiger partial charge is 0.249 e. The number of hydrogen-bond acceptors (Lipinski definition) is 5. The fraction of sp³-hybridized carbons (Fsp3) is 0.667. The lowest BCUT2D eigenvalue weighted by Crippen LogP contribution is -2.48. The highest BCUT2D eigenvalue weighted by atomic mass is 32.1. The summed E-state index contributed by atoms with van der Waals surface area (Å²) in [7, 11) is 0. The fourth-order valence-corrected chi connectivity index (χ4v) is 3.55. The number of aromatic nitrogens is 1. The maximum atomic E-state index is 12.6. The molecule has 0 radical (unpaired) electrons. The summed E-state index contributed by atoms with van der Waals surface area (Å²) in [5.41, 5.74) is 1.32. The average Bonchev–Trinajstić information content (AvgIpc) is 3.08. The fourth-order valence-electron chi connectivity index (χ4n) is 2.65. The van der Waals surface area contributed by atoms with E-state index in [1.807, 2.05) is 13.1 Å². The molecule has 0 spiro atoms. The second-order valence-electron chi connectivity index (χ2n) is 7.86. The van der Waals surface area contributed by atoms with Gasteiger partial charge in [0.25, 0.3) is 0 Å². The van der Waals surface area contributed by atoms with Crippen LogP contribution in [0.3, 0.4) is 0 Å². The summed E-state index contributed by atoms with van der Waals surface area (Å²) in [6.45, 7) is 11.8. The molecule has 28 heavy (non-hydrogen) atoms. The Kier molecular flexibility index (Phi) is 10.4. The van der Waals surface area contributed by atoms with Crippen LogP contribution < -0.4 is 10.6 Å². The summed E-state index contributed by atoms with van der Waals surface area (Å²) in [5, 5.41) is 15.9. The third-order valence-corrected chi connectivity index (χ3v) is 5.65. The highest BCUT2D eigenvalue weighted by Crippen LogP contribution is 2.29. The van der Waals surface area contributed by atoms with Gasteiger partial charge in [0.1, 0.15) is 12.1 Å². The molecule has 0 bridgehead atoms. The molecule has 6 nitrogen and oxygen atoms in total. The minimum Gasteiger partial charge on any atom is -0.383 e. The van der Waals surface area contributed by atoms with Crippen molar-refractivity contribution in [2.45, 2.75) is 85.3 Å². The van der Waals surface area contributed by atoms with Crippen LogP contribution in [0.25, 0.3) is 0 Å². The molecule has 0 fully saturated rings. The zero-order valence-electron chi connectivity index (χ0n) is 17.9. The first-order chi connectivity index (χ1) is 13.1. The molecular weight excluding hydrogens is 374 g/mol. The summed E-state index contributed by atoms with van der Waals surface area (Å²) < 4.78 is 0. The van der Waals surface area contributed by atoms with Crippen LogP contribution in [0.1, 0.15) is 78.0 Å². The van der Waals surface area contributed by atoms with Crippen molar-refractivity contribution in [3.63, 3.8) is 0 Å². The van der Waals surface area contributed by atoms with Crippen LogP contribution >= 0.6 is 11.3 Å². The molecule has 0 saturated heterocycles. The molecule has 1 aromatic heterocycles. The predicted octanol–water partition coefficient (Wildman–Crippen LogP) is 4.23. The second kappa shape index (κ2) is 12.0. The number of aliphatic hydroxyl groups excluding tert-OH is 1. The number of allylic oxidation sites excluding steroid dienone is 2. The molecule has 7 heteroatoms. The minimum atomic E-state index is -1.12.